The molecule has 4 heteroatoms. The van der Waals surface area contributed by atoms with E-state index in [-0.39, 0.29) is 0 Å². The Kier molecular flexibility index (Phi) is 2.47. The molecule has 0 aliphatic carbocycles. The Hall–Kier alpha value is -0.670. The predicted molar refractivity (Wildman–Crippen MR) is 57.5 cm³/mol. The summed E-state index contributed by atoms with van der Waals surface area (Å²) >= 11 is 7.55. The van der Waals surface area contributed by atoms with Crippen LogP contribution in [-0.4, -0.2) is 15.7 Å². The zero-order chi connectivity index (χ0) is 9.26. The van der Waals surface area contributed by atoms with E-state index in [0.717, 1.165) is 27.0 Å². The summed E-state index contributed by atoms with van der Waals surface area (Å²) in [5.74, 6) is 1.02. The number of aromatic nitrogens is 2. The monoisotopic (exact) mass is 212 g/mol. The van der Waals surface area contributed by atoms with Crippen LogP contribution in [-0.2, 0) is 0 Å². The number of imidazole rings is 1. The lowest BCUT2D eigenvalue weighted by atomic mass is 10.3. The SMILES string of the molecule is CCSc1nc2ccc(Cl)cc2[nH]1. The number of halogens is 1. The third-order valence-corrected chi connectivity index (χ3v) is 2.69. The number of benzene rings is 1. The third-order valence-electron chi connectivity index (χ3n) is 1.70. The van der Waals surface area contributed by atoms with Crippen molar-refractivity contribution in [2.75, 3.05) is 5.75 Å². The number of hydrogen-bond acceptors (Lipinski definition) is 2. The summed E-state index contributed by atoms with van der Waals surface area (Å²) in [7, 11) is 0. The summed E-state index contributed by atoms with van der Waals surface area (Å²) in [5.41, 5.74) is 1.98. The van der Waals surface area contributed by atoms with Gasteiger partial charge in [-0.25, -0.2) is 4.98 Å². The summed E-state index contributed by atoms with van der Waals surface area (Å²) in [4.78, 5) is 7.60. The lowest BCUT2D eigenvalue weighted by Crippen LogP contribution is -1.73. The lowest BCUT2D eigenvalue weighted by Gasteiger charge is -1.87. The van der Waals surface area contributed by atoms with Gasteiger partial charge in [-0.2, -0.15) is 0 Å². The molecule has 2 rings (SSSR count). The smallest absolute Gasteiger partial charge is 0.166 e. The molecule has 1 aromatic heterocycles. The van der Waals surface area contributed by atoms with Crippen molar-refractivity contribution in [2.45, 2.75) is 12.1 Å². The van der Waals surface area contributed by atoms with Crippen molar-refractivity contribution in [1.29, 1.82) is 0 Å². The molecule has 0 spiro atoms. The number of nitrogens with zero attached hydrogens (tertiary/aromatic N) is 1. The Morgan fingerprint density at radius 1 is 1.54 bits per heavy atom. The number of nitrogens with one attached hydrogen (secondary N) is 1. The molecule has 2 aromatic rings. The molecule has 0 unspecified atom stereocenters. The van der Waals surface area contributed by atoms with Gasteiger partial charge in [0.1, 0.15) is 0 Å². The van der Waals surface area contributed by atoms with Crippen LogP contribution in [0.4, 0.5) is 0 Å². The van der Waals surface area contributed by atoms with Crippen LogP contribution in [0.5, 0.6) is 0 Å². The molecule has 0 fully saturated rings. The van der Waals surface area contributed by atoms with Gasteiger partial charge in [-0.1, -0.05) is 30.3 Å². The molecule has 0 aliphatic heterocycles. The van der Waals surface area contributed by atoms with Crippen LogP contribution in [0.3, 0.4) is 0 Å². The Balaban J connectivity index is 2.49. The first-order chi connectivity index (χ1) is 6.29. The van der Waals surface area contributed by atoms with E-state index < -0.39 is 0 Å². The van der Waals surface area contributed by atoms with Gasteiger partial charge in [0.2, 0.25) is 0 Å². The molecule has 0 saturated carbocycles. The molecule has 0 bridgehead atoms. The molecule has 1 N–H and O–H groups in total. The molecular weight excluding hydrogens is 204 g/mol. The fourth-order valence-electron chi connectivity index (χ4n) is 1.16. The van der Waals surface area contributed by atoms with E-state index >= 15 is 0 Å². The maximum atomic E-state index is 5.85. The number of H-pyrrole nitrogens is 1. The second-order valence-electron chi connectivity index (χ2n) is 2.64. The van der Waals surface area contributed by atoms with E-state index in [2.05, 4.69) is 16.9 Å². The van der Waals surface area contributed by atoms with Crippen molar-refractivity contribution in [3.05, 3.63) is 23.2 Å². The van der Waals surface area contributed by atoms with E-state index in [0.29, 0.717) is 0 Å². The topological polar surface area (TPSA) is 28.7 Å². The molecule has 1 aromatic carbocycles. The number of fused-ring (bicyclic) bond motifs is 1. The van der Waals surface area contributed by atoms with Gasteiger partial charge in [0.15, 0.2) is 5.16 Å². The highest BCUT2D eigenvalue weighted by atomic mass is 35.5. The molecule has 0 aliphatic rings. The lowest BCUT2D eigenvalue weighted by molar-refractivity contribution is 1.08. The second-order valence-corrected chi connectivity index (χ2v) is 4.33. The molecule has 13 heavy (non-hydrogen) atoms. The maximum Gasteiger partial charge on any atom is 0.166 e. The van der Waals surface area contributed by atoms with Crippen molar-refractivity contribution < 1.29 is 0 Å². The summed E-state index contributed by atoms with van der Waals surface area (Å²) in [6.07, 6.45) is 0. The van der Waals surface area contributed by atoms with Gasteiger partial charge in [0, 0.05) is 5.02 Å². The fourth-order valence-corrected chi connectivity index (χ4v) is 1.95. The van der Waals surface area contributed by atoms with E-state index in [1.54, 1.807) is 11.8 Å². The van der Waals surface area contributed by atoms with E-state index in [4.69, 9.17) is 11.6 Å². The molecule has 1 heterocycles. The summed E-state index contributed by atoms with van der Waals surface area (Å²) < 4.78 is 0. The maximum absolute atomic E-state index is 5.85. The van der Waals surface area contributed by atoms with Crippen LogP contribution in [0.25, 0.3) is 11.0 Å². The van der Waals surface area contributed by atoms with Crippen molar-refractivity contribution in [3.8, 4) is 0 Å². The molecule has 0 amide bonds. The Morgan fingerprint density at radius 3 is 3.15 bits per heavy atom. The van der Waals surface area contributed by atoms with Crippen molar-refractivity contribution in [1.82, 2.24) is 9.97 Å². The molecule has 0 saturated heterocycles. The summed E-state index contributed by atoms with van der Waals surface area (Å²) in [6.45, 7) is 2.10. The fraction of sp³-hybridized carbons (Fsp3) is 0.222. The molecule has 2 nitrogen and oxygen atoms in total. The standard InChI is InChI=1S/C9H9ClN2S/c1-2-13-9-11-7-4-3-6(10)5-8(7)12-9/h3-5H,2H2,1H3,(H,11,12). The minimum Gasteiger partial charge on any atom is -0.333 e. The van der Waals surface area contributed by atoms with E-state index in [9.17, 15) is 0 Å². The molecular formula is C9H9ClN2S. The highest BCUT2D eigenvalue weighted by Gasteiger charge is 2.01. The largest absolute Gasteiger partial charge is 0.333 e. The number of aromatic amines is 1. The first-order valence-electron chi connectivity index (χ1n) is 4.07. The van der Waals surface area contributed by atoms with E-state index in [1.807, 2.05) is 18.2 Å². The zero-order valence-corrected chi connectivity index (χ0v) is 8.75. The van der Waals surface area contributed by atoms with Crippen LogP contribution in [0.15, 0.2) is 23.4 Å². The van der Waals surface area contributed by atoms with Crippen LogP contribution < -0.4 is 0 Å². The zero-order valence-electron chi connectivity index (χ0n) is 7.17. The van der Waals surface area contributed by atoms with Gasteiger partial charge in [-0.15, -0.1) is 0 Å². The Morgan fingerprint density at radius 2 is 2.38 bits per heavy atom. The molecule has 0 radical (unpaired) electrons. The number of rotatable bonds is 2. The van der Waals surface area contributed by atoms with Crippen LogP contribution in [0.2, 0.25) is 5.02 Å². The van der Waals surface area contributed by atoms with Crippen molar-refractivity contribution in [2.24, 2.45) is 0 Å². The minimum absolute atomic E-state index is 0.740. The highest BCUT2D eigenvalue weighted by Crippen LogP contribution is 2.21. The summed E-state index contributed by atoms with van der Waals surface area (Å²) in [5, 5.41) is 1.70. The highest BCUT2D eigenvalue weighted by molar-refractivity contribution is 7.99. The van der Waals surface area contributed by atoms with Gasteiger partial charge >= 0.3 is 0 Å². The Labute approximate surface area is 85.7 Å². The first-order valence-corrected chi connectivity index (χ1v) is 5.44. The average molecular weight is 213 g/mol. The summed E-state index contributed by atoms with van der Waals surface area (Å²) in [6, 6.07) is 5.67. The minimum atomic E-state index is 0.740. The van der Waals surface area contributed by atoms with Gasteiger partial charge in [-0.05, 0) is 24.0 Å². The second kappa shape index (κ2) is 3.60. The van der Waals surface area contributed by atoms with Gasteiger partial charge in [-0.3, -0.25) is 0 Å². The Bertz CT molecular complexity index is 424. The van der Waals surface area contributed by atoms with E-state index in [1.165, 1.54) is 0 Å². The number of hydrogen-bond donors (Lipinski definition) is 1. The predicted octanol–water partition coefficient (Wildman–Crippen LogP) is 3.33. The number of thioether (sulfide) groups is 1. The van der Waals surface area contributed by atoms with Crippen LogP contribution >= 0.6 is 23.4 Å². The normalized spacial score (nSPS) is 10.9. The molecule has 68 valence electrons. The van der Waals surface area contributed by atoms with Crippen molar-refractivity contribution in [3.63, 3.8) is 0 Å². The van der Waals surface area contributed by atoms with Gasteiger partial charge in [0.05, 0.1) is 11.0 Å². The van der Waals surface area contributed by atoms with Crippen LogP contribution in [0.1, 0.15) is 6.92 Å². The van der Waals surface area contributed by atoms with Gasteiger partial charge in [0.25, 0.3) is 0 Å². The molecule has 0 atom stereocenters. The third kappa shape index (κ3) is 1.81. The first kappa shape index (κ1) is 8.91. The van der Waals surface area contributed by atoms with Crippen LogP contribution in [0, 0.1) is 0 Å². The van der Waals surface area contributed by atoms with Crippen molar-refractivity contribution >= 4 is 34.4 Å². The quantitative estimate of drug-likeness (QED) is 0.774. The average Bonchev–Trinajstić information content (AvgIpc) is 2.46. The van der Waals surface area contributed by atoms with Gasteiger partial charge < -0.3 is 4.98 Å².